The van der Waals surface area contributed by atoms with Gasteiger partial charge in [-0.25, -0.2) is 9.50 Å². The number of halogens is 3. The van der Waals surface area contributed by atoms with Crippen molar-refractivity contribution in [3.63, 3.8) is 0 Å². The number of rotatable bonds is 4. The fraction of sp³-hybridized carbons (Fsp3) is 0.150. The van der Waals surface area contributed by atoms with Crippen LogP contribution in [0.5, 0.6) is 0 Å². The van der Waals surface area contributed by atoms with E-state index in [0.29, 0.717) is 9.39 Å². The van der Waals surface area contributed by atoms with E-state index in [9.17, 15) is 18.0 Å². The van der Waals surface area contributed by atoms with Gasteiger partial charge >= 0.3 is 6.18 Å². The second-order valence-corrected chi connectivity index (χ2v) is 7.35. The van der Waals surface area contributed by atoms with Crippen LogP contribution in [0, 0.1) is 0 Å². The van der Waals surface area contributed by atoms with Gasteiger partial charge in [0, 0.05) is 6.07 Å². The Morgan fingerprint density at radius 3 is 2.55 bits per heavy atom. The van der Waals surface area contributed by atoms with Gasteiger partial charge in [0.15, 0.2) is 17.0 Å². The zero-order valence-corrected chi connectivity index (χ0v) is 16.0. The number of nitrogens with one attached hydrogen (secondary N) is 1. The summed E-state index contributed by atoms with van der Waals surface area (Å²) >= 11 is 1.28. The molecule has 3 heterocycles. The van der Waals surface area contributed by atoms with E-state index in [1.54, 1.807) is 24.4 Å². The quantitative estimate of drug-likeness (QED) is 0.511. The van der Waals surface area contributed by atoms with Gasteiger partial charge in [0.05, 0.1) is 16.6 Å². The van der Waals surface area contributed by atoms with Crippen LogP contribution in [0.4, 0.5) is 13.2 Å². The number of thiophene rings is 1. The van der Waals surface area contributed by atoms with Crippen LogP contribution in [0.3, 0.4) is 0 Å². The Morgan fingerprint density at radius 2 is 1.90 bits per heavy atom. The number of benzene rings is 1. The highest BCUT2D eigenvalue weighted by Gasteiger charge is 2.35. The van der Waals surface area contributed by atoms with Crippen LogP contribution >= 0.6 is 11.3 Å². The summed E-state index contributed by atoms with van der Waals surface area (Å²) in [6.07, 6.45) is -4.65. The van der Waals surface area contributed by atoms with Crippen LogP contribution < -0.4 is 5.32 Å². The summed E-state index contributed by atoms with van der Waals surface area (Å²) in [4.78, 5) is 17.4. The third-order valence-corrected chi connectivity index (χ3v) is 5.26. The van der Waals surface area contributed by atoms with E-state index < -0.39 is 17.8 Å². The van der Waals surface area contributed by atoms with Crippen LogP contribution in [-0.2, 0) is 6.18 Å². The van der Waals surface area contributed by atoms with Gasteiger partial charge in [-0.15, -0.1) is 11.3 Å². The normalized spacial score (nSPS) is 12.8. The fourth-order valence-electron chi connectivity index (χ4n) is 2.93. The Kier molecular flexibility index (Phi) is 4.83. The Balaban J connectivity index is 1.72. The molecule has 0 aliphatic rings. The molecule has 4 aromatic rings. The van der Waals surface area contributed by atoms with Crippen LogP contribution in [-0.4, -0.2) is 20.5 Å². The van der Waals surface area contributed by atoms with E-state index in [0.717, 1.165) is 11.6 Å². The molecule has 0 aliphatic heterocycles. The Bertz CT molecular complexity index is 1150. The first-order chi connectivity index (χ1) is 13.8. The molecule has 0 aliphatic carbocycles. The van der Waals surface area contributed by atoms with Crippen molar-refractivity contribution in [2.75, 3.05) is 0 Å². The average Bonchev–Trinajstić information content (AvgIpc) is 3.36. The molecule has 0 radical (unpaired) electrons. The van der Waals surface area contributed by atoms with Crippen LogP contribution in [0.15, 0.2) is 60.0 Å². The summed E-state index contributed by atoms with van der Waals surface area (Å²) < 4.78 is 41.5. The molecule has 1 amide bonds. The fourth-order valence-corrected chi connectivity index (χ4v) is 3.62. The van der Waals surface area contributed by atoms with Gasteiger partial charge in [-0.3, -0.25) is 4.79 Å². The molecule has 0 spiro atoms. The molecule has 3 aromatic heterocycles. The van der Waals surface area contributed by atoms with E-state index >= 15 is 0 Å². The third kappa shape index (κ3) is 3.86. The van der Waals surface area contributed by atoms with Crippen molar-refractivity contribution in [3.05, 3.63) is 76.9 Å². The highest BCUT2D eigenvalue weighted by molar-refractivity contribution is 7.13. The molecule has 4 rings (SSSR count). The van der Waals surface area contributed by atoms with Crippen LogP contribution in [0.1, 0.15) is 34.7 Å². The molecule has 5 nitrogen and oxygen atoms in total. The molecule has 1 aromatic carbocycles. The van der Waals surface area contributed by atoms with E-state index in [2.05, 4.69) is 15.4 Å². The molecule has 0 saturated carbocycles. The van der Waals surface area contributed by atoms with E-state index in [1.807, 2.05) is 30.3 Å². The maximum Gasteiger partial charge on any atom is 0.433 e. The molecule has 0 fully saturated rings. The molecular weight excluding hydrogens is 401 g/mol. The molecule has 9 heteroatoms. The number of amides is 1. The molecular formula is C20H15F3N4OS. The molecule has 0 saturated heterocycles. The maximum atomic E-state index is 13.6. The summed E-state index contributed by atoms with van der Waals surface area (Å²) in [7, 11) is 0. The average molecular weight is 416 g/mol. The minimum atomic E-state index is -4.65. The zero-order chi connectivity index (χ0) is 20.6. The van der Waals surface area contributed by atoms with Crippen molar-refractivity contribution in [1.82, 2.24) is 19.9 Å². The van der Waals surface area contributed by atoms with Crippen molar-refractivity contribution in [2.45, 2.75) is 19.1 Å². The lowest BCUT2D eigenvalue weighted by Gasteiger charge is -2.13. The lowest BCUT2D eigenvalue weighted by Crippen LogP contribution is -2.27. The number of hydrogen-bond donors (Lipinski definition) is 1. The van der Waals surface area contributed by atoms with Crippen molar-refractivity contribution in [2.24, 2.45) is 0 Å². The van der Waals surface area contributed by atoms with Gasteiger partial charge in [-0.2, -0.15) is 18.3 Å². The second kappa shape index (κ2) is 7.32. The van der Waals surface area contributed by atoms with E-state index in [1.165, 1.54) is 17.4 Å². The van der Waals surface area contributed by atoms with E-state index in [-0.39, 0.29) is 23.1 Å². The van der Waals surface area contributed by atoms with Crippen molar-refractivity contribution >= 4 is 22.9 Å². The lowest BCUT2D eigenvalue weighted by molar-refractivity contribution is -0.142. The highest BCUT2D eigenvalue weighted by atomic mass is 32.1. The molecule has 0 unspecified atom stereocenters. The largest absolute Gasteiger partial charge is 0.433 e. The minimum absolute atomic E-state index is 0.0410. The first-order valence-electron chi connectivity index (χ1n) is 8.70. The highest BCUT2D eigenvalue weighted by Crippen LogP contribution is 2.33. The van der Waals surface area contributed by atoms with Gasteiger partial charge < -0.3 is 5.32 Å². The lowest BCUT2D eigenvalue weighted by atomic mass is 10.1. The van der Waals surface area contributed by atoms with Gasteiger partial charge in [0.2, 0.25) is 0 Å². The number of fused-ring (bicyclic) bond motifs is 1. The first kappa shape index (κ1) is 19.1. The molecule has 0 bridgehead atoms. The first-order valence-corrected chi connectivity index (χ1v) is 9.58. The number of alkyl halides is 3. The third-order valence-electron chi connectivity index (χ3n) is 4.37. The number of carbonyl (C=O) groups is 1. The molecule has 29 heavy (non-hydrogen) atoms. The number of aromatic nitrogens is 3. The Labute approximate surface area is 167 Å². The monoisotopic (exact) mass is 416 g/mol. The van der Waals surface area contributed by atoms with E-state index in [4.69, 9.17) is 0 Å². The summed E-state index contributed by atoms with van der Waals surface area (Å²) in [5, 5.41) is 8.38. The minimum Gasteiger partial charge on any atom is -0.344 e. The smallest absolute Gasteiger partial charge is 0.344 e. The van der Waals surface area contributed by atoms with Crippen molar-refractivity contribution in [3.8, 4) is 10.6 Å². The standard InChI is InChI=1S/C20H15F3N4OS/c1-12(13-6-3-2-4-7-13)24-19(28)15-11-18-25-14(16-8-5-9-29-16)10-17(20(21,22)23)27(18)26-15/h2-12H,1H3,(H,24,28)/t12-/m1/s1. The topological polar surface area (TPSA) is 59.3 Å². The van der Waals surface area contributed by atoms with Gasteiger partial charge in [-0.05, 0) is 30.0 Å². The second-order valence-electron chi connectivity index (χ2n) is 6.41. The predicted molar refractivity (Wildman–Crippen MR) is 104 cm³/mol. The number of hydrogen-bond acceptors (Lipinski definition) is 4. The van der Waals surface area contributed by atoms with Crippen molar-refractivity contribution in [1.29, 1.82) is 0 Å². The van der Waals surface area contributed by atoms with Gasteiger partial charge in [0.25, 0.3) is 5.91 Å². The summed E-state index contributed by atoms with van der Waals surface area (Å²) in [6, 6.07) is 14.5. The van der Waals surface area contributed by atoms with Crippen LogP contribution in [0.25, 0.3) is 16.2 Å². The Morgan fingerprint density at radius 1 is 1.14 bits per heavy atom. The van der Waals surface area contributed by atoms with Crippen LogP contribution in [0.2, 0.25) is 0 Å². The molecule has 148 valence electrons. The summed E-state index contributed by atoms with van der Waals surface area (Å²) in [5.41, 5.74) is -0.0982. The zero-order valence-electron chi connectivity index (χ0n) is 15.1. The Hall–Kier alpha value is -3.20. The molecule has 1 N–H and O–H groups in total. The number of carbonyl (C=O) groups excluding carboxylic acids is 1. The SMILES string of the molecule is C[C@@H](NC(=O)c1cc2nc(-c3cccs3)cc(C(F)(F)F)n2n1)c1ccccc1. The summed E-state index contributed by atoms with van der Waals surface area (Å²) in [5.74, 6) is -0.572. The predicted octanol–water partition coefficient (Wildman–Crippen LogP) is 4.97. The number of nitrogens with zero attached hydrogens (tertiary/aromatic N) is 3. The summed E-state index contributed by atoms with van der Waals surface area (Å²) in [6.45, 7) is 1.79. The molecule has 1 atom stereocenters. The van der Waals surface area contributed by atoms with Gasteiger partial charge in [0.1, 0.15) is 0 Å². The van der Waals surface area contributed by atoms with Crippen molar-refractivity contribution < 1.29 is 18.0 Å². The van der Waals surface area contributed by atoms with Gasteiger partial charge in [-0.1, -0.05) is 36.4 Å². The maximum absolute atomic E-state index is 13.6.